The number of hydrogen-bond donors (Lipinski definition) is 0. The summed E-state index contributed by atoms with van der Waals surface area (Å²) in [5, 5.41) is 0. The van der Waals surface area contributed by atoms with Crippen molar-refractivity contribution in [2.24, 2.45) is 0 Å². The van der Waals surface area contributed by atoms with Crippen molar-refractivity contribution in [1.82, 2.24) is 0 Å². The van der Waals surface area contributed by atoms with E-state index in [1.165, 1.54) is 0 Å². The van der Waals surface area contributed by atoms with Crippen LogP contribution in [0.5, 0.6) is 0 Å². The van der Waals surface area contributed by atoms with Gasteiger partial charge >= 0.3 is 5.97 Å². The zero-order chi connectivity index (χ0) is 10.4. The van der Waals surface area contributed by atoms with Crippen LogP contribution in [0, 0.1) is 0 Å². The summed E-state index contributed by atoms with van der Waals surface area (Å²) in [6, 6.07) is 0. The Hall–Kier alpha value is -0.830. The monoisotopic (exact) mass is 198 g/mol. The standard InChI is InChI=1S/C11H18O3/c1-9(2)6-7-10(12)14-11-5-3-4-8-13-11/h11H,1,3-8H2,2H3. The predicted molar refractivity (Wildman–Crippen MR) is 53.7 cm³/mol. The molecule has 0 aliphatic carbocycles. The van der Waals surface area contributed by atoms with E-state index in [-0.39, 0.29) is 12.3 Å². The van der Waals surface area contributed by atoms with Crippen LogP contribution in [0.4, 0.5) is 0 Å². The van der Waals surface area contributed by atoms with Gasteiger partial charge in [-0.1, -0.05) is 5.57 Å². The molecule has 1 saturated heterocycles. The summed E-state index contributed by atoms with van der Waals surface area (Å²) in [4.78, 5) is 11.3. The molecule has 3 nitrogen and oxygen atoms in total. The first-order valence-electron chi connectivity index (χ1n) is 5.14. The van der Waals surface area contributed by atoms with E-state index in [4.69, 9.17) is 9.47 Å². The Kier molecular flexibility index (Phi) is 4.66. The van der Waals surface area contributed by atoms with Gasteiger partial charge in [0.15, 0.2) is 0 Å². The summed E-state index contributed by atoms with van der Waals surface area (Å²) < 4.78 is 10.4. The summed E-state index contributed by atoms with van der Waals surface area (Å²) in [6.45, 7) is 6.35. The summed E-state index contributed by atoms with van der Waals surface area (Å²) in [6.07, 6.45) is 3.79. The molecule has 0 spiro atoms. The molecule has 0 aromatic carbocycles. The Morgan fingerprint density at radius 2 is 2.29 bits per heavy atom. The smallest absolute Gasteiger partial charge is 0.308 e. The van der Waals surface area contributed by atoms with Crippen molar-refractivity contribution < 1.29 is 14.3 Å². The first-order chi connectivity index (χ1) is 6.68. The van der Waals surface area contributed by atoms with E-state index < -0.39 is 0 Å². The van der Waals surface area contributed by atoms with Crippen molar-refractivity contribution >= 4 is 5.97 Å². The van der Waals surface area contributed by atoms with Gasteiger partial charge in [0, 0.05) is 12.8 Å². The van der Waals surface area contributed by atoms with E-state index >= 15 is 0 Å². The molecule has 1 atom stereocenters. The highest BCUT2D eigenvalue weighted by Crippen LogP contribution is 2.15. The molecular formula is C11H18O3. The number of carbonyl (C=O) groups is 1. The van der Waals surface area contributed by atoms with Gasteiger partial charge in [0.05, 0.1) is 6.61 Å². The SMILES string of the molecule is C=C(C)CCC(=O)OC1CCCCO1. The molecule has 1 rings (SSSR count). The molecule has 1 heterocycles. The van der Waals surface area contributed by atoms with Gasteiger partial charge in [-0.2, -0.15) is 0 Å². The maximum Gasteiger partial charge on any atom is 0.308 e. The molecule has 0 aromatic rings. The van der Waals surface area contributed by atoms with Crippen molar-refractivity contribution in [3.05, 3.63) is 12.2 Å². The number of carbonyl (C=O) groups excluding carboxylic acids is 1. The Morgan fingerprint density at radius 1 is 1.50 bits per heavy atom. The number of hydrogen-bond acceptors (Lipinski definition) is 3. The van der Waals surface area contributed by atoms with Crippen molar-refractivity contribution in [2.45, 2.75) is 45.3 Å². The van der Waals surface area contributed by atoms with E-state index in [1.807, 2.05) is 6.92 Å². The van der Waals surface area contributed by atoms with Crippen LogP contribution in [0.15, 0.2) is 12.2 Å². The van der Waals surface area contributed by atoms with E-state index in [2.05, 4.69) is 6.58 Å². The quantitative estimate of drug-likeness (QED) is 0.514. The van der Waals surface area contributed by atoms with E-state index in [0.29, 0.717) is 19.4 Å². The minimum atomic E-state index is -0.304. The van der Waals surface area contributed by atoms with Crippen LogP contribution < -0.4 is 0 Å². The van der Waals surface area contributed by atoms with Crippen molar-refractivity contribution in [1.29, 1.82) is 0 Å². The molecule has 1 aliphatic rings. The Labute approximate surface area is 85.1 Å². The molecule has 3 heteroatoms. The highest BCUT2D eigenvalue weighted by Gasteiger charge is 2.17. The normalized spacial score (nSPS) is 21.6. The maximum atomic E-state index is 11.3. The van der Waals surface area contributed by atoms with Crippen LogP contribution >= 0.6 is 0 Å². The molecule has 80 valence electrons. The highest BCUT2D eigenvalue weighted by molar-refractivity contribution is 5.69. The summed E-state index contributed by atoms with van der Waals surface area (Å²) >= 11 is 0. The summed E-state index contributed by atoms with van der Waals surface area (Å²) in [7, 11) is 0. The lowest BCUT2D eigenvalue weighted by atomic mass is 10.2. The third-order valence-corrected chi connectivity index (χ3v) is 2.16. The minimum absolute atomic E-state index is 0.181. The largest absolute Gasteiger partial charge is 0.436 e. The molecular weight excluding hydrogens is 180 g/mol. The molecule has 0 aromatic heterocycles. The molecule has 14 heavy (non-hydrogen) atoms. The maximum absolute atomic E-state index is 11.3. The zero-order valence-corrected chi connectivity index (χ0v) is 8.75. The molecule has 0 amide bonds. The molecule has 1 unspecified atom stereocenters. The van der Waals surface area contributed by atoms with E-state index in [1.54, 1.807) is 0 Å². The molecule has 0 saturated carbocycles. The van der Waals surface area contributed by atoms with Gasteiger partial charge in [-0.05, 0) is 26.2 Å². The third kappa shape index (κ3) is 4.42. The van der Waals surface area contributed by atoms with Gasteiger partial charge in [0.25, 0.3) is 0 Å². The zero-order valence-electron chi connectivity index (χ0n) is 8.75. The molecule has 0 bridgehead atoms. The second-order valence-corrected chi connectivity index (χ2v) is 3.74. The van der Waals surface area contributed by atoms with Crippen LogP contribution in [-0.2, 0) is 14.3 Å². The lowest BCUT2D eigenvalue weighted by molar-refractivity contribution is -0.186. The average Bonchev–Trinajstić information content (AvgIpc) is 2.16. The highest BCUT2D eigenvalue weighted by atomic mass is 16.7. The van der Waals surface area contributed by atoms with Gasteiger partial charge in [-0.25, -0.2) is 0 Å². The van der Waals surface area contributed by atoms with Gasteiger partial charge < -0.3 is 9.47 Å². The lowest BCUT2D eigenvalue weighted by Gasteiger charge is -2.22. The molecule has 1 fully saturated rings. The number of allylic oxidation sites excluding steroid dienone is 1. The van der Waals surface area contributed by atoms with Crippen LogP contribution in [0.3, 0.4) is 0 Å². The third-order valence-electron chi connectivity index (χ3n) is 2.16. The Balaban J connectivity index is 2.15. The topological polar surface area (TPSA) is 35.5 Å². The number of rotatable bonds is 4. The fourth-order valence-electron chi connectivity index (χ4n) is 1.33. The van der Waals surface area contributed by atoms with Crippen LogP contribution in [0.1, 0.15) is 39.0 Å². The lowest BCUT2D eigenvalue weighted by Crippen LogP contribution is -2.25. The Bertz CT molecular complexity index is 205. The summed E-state index contributed by atoms with van der Waals surface area (Å²) in [5.41, 5.74) is 1.01. The molecule has 0 N–H and O–H groups in total. The predicted octanol–water partition coefficient (Wildman–Crippen LogP) is 2.41. The second kappa shape index (κ2) is 5.81. The van der Waals surface area contributed by atoms with Crippen molar-refractivity contribution in [3.8, 4) is 0 Å². The first-order valence-corrected chi connectivity index (χ1v) is 5.14. The number of esters is 1. The van der Waals surface area contributed by atoms with Gasteiger partial charge in [0.1, 0.15) is 0 Å². The van der Waals surface area contributed by atoms with Crippen LogP contribution in [0.25, 0.3) is 0 Å². The van der Waals surface area contributed by atoms with Gasteiger partial charge in [0.2, 0.25) is 6.29 Å². The van der Waals surface area contributed by atoms with Crippen molar-refractivity contribution in [2.75, 3.05) is 6.61 Å². The minimum Gasteiger partial charge on any atom is -0.436 e. The van der Waals surface area contributed by atoms with Crippen LogP contribution in [-0.4, -0.2) is 18.9 Å². The summed E-state index contributed by atoms with van der Waals surface area (Å²) in [5.74, 6) is -0.181. The van der Waals surface area contributed by atoms with Gasteiger partial charge in [-0.15, -0.1) is 6.58 Å². The van der Waals surface area contributed by atoms with Gasteiger partial charge in [-0.3, -0.25) is 4.79 Å². The fraction of sp³-hybridized carbons (Fsp3) is 0.727. The first kappa shape index (κ1) is 11.2. The molecule has 1 aliphatic heterocycles. The average molecular weight is 198 g/mol. The fourth-order valence-corrected chi connectivity index (χ4v) is 1.33. The second-order valence-electron chi connectivity index (χ2n) is 3.74. The Morgan fingerprint density at radius 3 is 2.86 bits per heavy atom. The van der Waals surface area contributed by atoms with Crippen LogP contribution in [0.2, 0.25) is 0 Å². The van der Waals surface area contributed by atoms with Crippen molar-refractivity contribution in [3.63, 3.8) is 0 Å². The number of ether oxygens (including phenoxy) is 2. The van der Waals surface area contributed by atoms with E-state index in [0.717, 1.165) is 24.8 Å². The molecule has 0 radical (unpaired) electrons. The van der Waals surface area contributed by atoms with E-state index in [9.17, 15) is 4.79 Å².